The standard InChI is InChI=1S/C19H25N3O/c1-14(2)22(12-17-10-5-6-11-20-17)13-18(23)21-19-15(3)8-7-9-16(19)4/h5-11,14H,12-13H2,1-4H3,(H,21,23). The third-order valence-electron chi connectivity index (χ3n) is 3.91. The number of amides is 1. The zero-order chi connectivity index (χ0) is 16.8. The average Bonchev–Trinajstić information content (AvgIpc) is 2.51. The molecule has 1 aromatic heterocycles. The molecule has 0 aliphatic heterocycles. The zero-order valence-electron chi connectivity index (χ0n) is 14.3. The maximum atomic E-state index is 12.4. The van der Waals surface area contributed by atoms with Crippen LogP contribution in [-0.4, -0.2) is 28.4 Å². The van der Waals surface area contributed by atoms with Gasteiger partial charge >= 0.3 is 0 Å². The summed E-state index contributed by atoms with van der Waals surface area (Å²) in [6, 6.07) is 12.1. The van der Waals surface area contributed by atoms with Crippen molar-refractivity contribution < 1.29 is 4.79 Å². The summed E-state index contributed by atoms with van der Waals surface area (Å²) in [5.74, 6) is 0.00651. The average molecular weight is 311 g/mol. The van der Waals surface area contributed by atoms with Crippen molar-refractivity contribution in [1.82, 2.24) is 9.88 Å². The molecule has 0 radical (unpaired) electrons. The summed E-state index contributed by atoms with van der Waals surface area (Å²) >= 11 is 0. The van der Waals surface area contributed by atoms with Crippen molar-refractivity contribution in [2.45, 2.75) is 40.3 Å². The number of aromatic nitrogens is 1. The summed E-state index contributed by atoms with van der Waals surface area (Å²) in [6.45, 7) is 9.22. The van der Waals surface area contributed by atoms with Crippen LogP contribution < -0.4 is 5.32 Å². The molecule has 0 unspecified atom stereocenters. The molecule has 0 saturated heterocycles. The number of benzene rings is 1. The Morgan fingerprint density at radius 2 is 1.83 bits per heavy atom. The fourth-order valence-corrected chi connectivity index (χ4v) is 2.50. The number of anilines is 1. The molecule has 0 aliphatic carbocycles. The summed E-state index contributed by atoms with van der Waals surface area (Å²) in [7, 11) is 0. The van der Waals surface area contributed by atoms with E-state index in [9.17, 15) is 4.79 Å². The fourth-order valence-electron chi connectivity index (χ4n) is 2.50. The predicted octanol–water partition coefficient (Wildman–Crippen LogP) is 3.55. The number of carbonyl (C=O) groups excluding carboxylic acids is 1. The lowest BCUT2D eigenvalue weighted by Gasteiger charge is -2.25. The van der Waals surface area contributed by atoms with Crippen molar-refractivity contribution >= 4 is 11.6 Å². The van der Waals surface area contributed by atoms with Gasteiger partial charge in [0, 0.05) is 24.5 Å². The summed E-state index contributed by atoms with van der Waals surface area (Å²) in [6.07, 6.45) is 1.78. The smallest absolute Gasteiger partial charge is 0.238 e. The van der Waals surface area contributed by atoms with Gasteiger partial charge in [0.05, 0.1) is 12.2 Å². The first-order chi connectivity index (χ1) is 11.0. The Morgan fingerprint density at radius 3 is 2.39 bits per heavy atom. The SMILES string of the molecule is Cc1cccc(C)c1NC(=O)CN(Cc1ccccn1)C(C)C. The van der Waals surface area contributed by atoms with E-state index < -0.39 is 0 Å². The fraction of sp³-hybridized carbons (Fsp3) is 0.368. The summed E-state index contributed by atoms with van der Waals surface area (Å²) in [5.41, 5.74) is 4.05. The molecule has 0 aliphatic rings. The van der Waals surface area contributed by atoms with Crippen LogP contribution in [0.15, 0.2) is 42.6 Å². The molecule has 0 saturated carbocycles. The molecule has 1 heterocycles. The summed E-state index contributed by atoms with van der Waals surface area (Å²) in [4.78, 5) is 18.9. The van der Waals surface area contributed by atoms with Gasteiger partial charge < -0.3 is 5.32 Å². The number of rotatable bonds is 6. The number of aryl methyl sites for hydroxylation is 2. The Labute approximate surface area is 138 Å². The highest BCUT2D eigenvalue weighted by Gasteiger charge is 2.16. The number of pyridine rings is 1. The van der Waals surface area contributed by atoms with Crippen LogP contribution >= 0.6 is 0 Å². The highest BCUT2D eigenvalue weighted by atomic mass is 16.2. The van der Waals surface area contributed by atoms with E-state index in [1.165, 1.54) is 0 Å². The second-order valence-corrected chi connectivity index (χ2v) is 6.13. The highest BCUT2D eigenvalue weighted by Crippen LogP contribution is 2.19. The Morgan fingerprint density at radius 1 is 1.13 bits per heavy atom. The topological polar surface area (TPSA) is 45.2 Å². The maximum absolute atomic E-state index is 12.4. The van der Waals surface area contributed by atoms with Gasteiger partial charge in [-0.25, -0.2) is 0 Å². The van der Waals surface area contributed by atoms with Gasteiger partial charge in [0.15, 0.2) is 0 Å². The molecule has 2 aromatic rings. The van der Waals surface area contributed by atoms with Crippen LogP contribution in [0.5, 0.6) is 0 Å². The van der Waals surface area contributed by atoms with Crippen LogP contribution in [0.2, 0.25) is 0 Å². The molecular formula is C19H25N3O. The van der Waals surface area contributed by atoms with Crippen LogP contribution in [0.25, 0.3) is 0 Å². The lowest BCUT2D eigenvalue weighted by molar-refractivity contribution is -0.117. The zero-order valence-corrected chi connectivity index (χ0v) is 14.3. The minimum Gasteiger partial charge on any atom is -0.324 e. The second-order valence-electron chi connectivity index (χ2n) is 6.13. The monoisotopic (exact) mass is 311 g/mol. The van der Waals surface area contributed by atoms with Gasteiger partial charge in [0.25, 0.3) is 0 Å². The first-order valence-electron chi connectivity index (χ1n) is 7.97. The Balaban J connectivity index is 2.04. The maximum Gasteiger partial charge on any atom is 0.238 e. The molecule has 23 heavy (non-hydrogen) atoms. The van der Waals surface area contributed by atoms with Crippen molar-refractivity contribution in [3.05, 3.63) is 59.4 Å². The Bertz CT molecular complexity index is 633. The van der Waals surface area contributed by atoms with Crippen molar-refractivity contribution in [2.24, 2.45) is 0 Å². The van der Waals surface area contributed by atoms with E-state index >= 15 is 0 Å². The van der Waals surface area contributed by atoms with Crippen molar-refractivity contribution in [1.29, 1.82) is 0 Å². The van der Waals surface area contributed by atoms with E-state index in [0.29, 0.717) is 13.1 Å². The first-order valence-corrected chi connectivity index (χ1v) is 7.97. The van der Waals surface area contributed by atoms with Crippen molar-refractivity contribution in [2.75, 3.05) is 11.9 Å². The summed E-state index contributed by atoms with van der Waals surface area (Å²) < 4.78 is 0. The van der Waals surface area contributed by atoms with E-state index in [1.54, 1.807) is 6.20 Å². The van der Waals surface area contributed by atoms with Crippen LogP contribution in [0, 0.1) is 13.8 Å². The minimum atomic E-state index is 0.00651. The van der Waals surface area contributed by atoms with Crippen LogP contribution in [0.1, 0.15) is 30.7 Å². The lowest BCUT2D eigenvalue weighted by Crippen LogP contribution is -2.38. The molecule has 1 amide bonds. The van der Waals surface area contributed by atoms with Gasteiger partial charge in [0.2, 0.25) is 5.91 Å². The number of nitrogens with zero attached hydrogens (tertiary/aromatic N) is 2. The normalized spacial score (nSPS) is 11.0. The summed E-state index contributed by atoms with van der Waals surface area (Å²) in [5, 5.41) is 3.05. The van der Waals surface area contributed by atoms with Gasteiger partial charge in [-0.2, -0.15) is 0 Å². The third-order valence-corrected chi connectivity index (χ3v) is 3.91. The van der Waals surface area contributed by atoms with Crippen molar-refractivity contribution in [3.63, 3.8) is 0 Å². The number of hydrogen-bond donors (Lipinski definition) is 1. The van der Waals surface area contributed by atoms with Gasteiger partial charge in [-0.3, -0.25) is 14.7 Å². The molecule has 0 bridgehead atoms. The molecule has 0 fully saturated rings. The third kappa shape index (κ3) is 4.89. The van der Waals surface area contributed by atoms with Crippen LogP contribution in [0.4, 0.5) is 5.69 Å². The molecular weight excluding hydrogens is 286 g/mol. The second kappa shape index (κ2) is 7.88. The quantitative estimate of drug-likeness (QED) is 0.887. The number of hydrogen-bond acceptors (Lipinski definition) is 3. The lowest BCUT2D eigenvalue weighted by atomic mass is 10.1. The van der Waals surface area contributed by atoms with Crippen molar-refractivity contribution in [3.8, 4) is 0 Å². The first kappa shape index (κ1) is 17.2. The highest BCUT2D eigenvalue weighted by molar-refractivity contribution is 5.93. The van der Waals surface area contributed by atoms with Gasteiger partial charge in [-0.1, -0.05) is 24.3 Å². The number of carbonyl (C=O) groups is 1. The molecule has 0 spiro atoms. The molecule has 4 nitrogen and oxygen atoms in total. The van der Waals surface area contributed by atoms with E-state index in [0.717, 1.165) is 22.5 Å². The molecule has 0 atom stereocenters. The number of nitrogens with one attached hydrogen (secondary N) is 1. The molecule has 122 valence electrons. The molecule has 1 aromatic carbocycles. The Hall–Kier alpha value is -2.20. The van der Waals surface area contributed by atoms with Gasteiger partial charge in [-0.15, -0.1) is 0 Å². The van der Waals surface area contributed by atoms with E-state index in [4.69, 9.17) is 0 Å². The van der Waals surface area contributed by atoms with E-state index in [1.807, 2.05) is 50.2 Å². The predicted molar refractivity (Wildman–Crippen MR) is 94.3 cm³/mol. The van der Waals surface area contributed by atoms with Gasteiger partial charge in [-0.05, 0) is 51.0 Å². The molecule has 4 heteroatoms. The minimum absolute atomic E-state index is 0.00651. The Kier molecular flexibility index (Phi) is 5.88. The molecule has 2 rings (SSSR count). The van der Waals surface area contributed by atoms with Gasteiger partial charge in [0.1, 0.15) is 0 Å². The van der Waals surface area contributed by atoms with Crippen LogP contribution in [0.3, 0.4) is 0 Å². The molecule has 1 N–H and O–H groups in total. The largest absolute Gasteiger partial charge is 0.324 e. The van der Waals surface area contributed by atoms with Crippen LogP contribution in [-0.2, 0) is 11.3 Å². The number of para-hydroxylation sites is 1. The van der Waals surface area contributed by atoms with E-state index in [2.05, 4.69) is 29.0 Å². The van der Waals surface area contributed by atoms with E-state index in [-0.39, 0.29) is 11.9 Å².